The summed E-state index contributed by atoms with van der Waals surface area (Å²) < 4.78 is 10.8. The third-order valence-electron chi connectivity index (χ3n) is 4.07. The van der Waals surface area contributed by atoms with Crippen molar-refractivity contribution in [3.8, 4) is 11.5 Å². The Hall–Kier alpha value is -1.92. The number of nitrogens with one attached hydrogen (secondary N) is 1. The highest BCUT2D eigenvalue weighted by atomic mass is 35.5. The van der Waals surface area contributed by atoms with E-state index in [1.807, 2.05) is 20.8 Å². The molecule has 1 aromatic heterocycles. The quantitative estimate of drug-likeness (QED) is 0.906. The lowest BCUT2D eigenvalue weighted by atomic mass is 10.0. The zero-order valence-electron chi connectivity index (χ0n) is 13.9. The summed E-state index contributed by atoms with van der Waals surface area (Å²) in [5, 5.41) is 7.39. The second kappa shape index (κ2) is 6.91. The van der Waals surface area contributed by atoms with Gasteiger partial charge in [0.15, 0.2) is 5.82 Å². The molecule has 128 valence electrons. The van der Waals surface area contributed by atoms with Crippen molar-refractivity contribution in [2.24, 2.45) is 5.92 Å². The van der Waals surface area contributed by atoms with Crippen LogP contribution in [0.25, 0.3) is 11.5 Å². The summed E-state index contributed by atoms with van der Waals surface area (Å²) in [6.45, 7) is 6.57. The summed E-state index contributed by atoms with van der Waals surface area (Å²) in [6, 6.07) is 5.14. The Morgan fingerprint density at radius 3 is 2.83 bits per heavy atom. The topological polar surface area (TPSA) is 77.2 Å². The molecule has 0 aliphatic carbocycles. The molecule has 1 saturated heterocycles. The molecule has 24 heavy (non-hydrogen) atoms. The molecule has 6 nitrogen and oxygen atoms in total. The van der Waals surface area contributed by atoms with E-state index in [9.17, 15) is 4.79 Å². The lowest BCUT2D eigenvalue weighted by Crippen LogP contribution is -2.31. The van der Waals surface area contributed by atoms with E-state index in [-0.39, 0.29) is 17.7 Å². The molecule has 1 N–H and O–H groups in total. The van der Waals surface area contributed by atoms with Gasteiger partial charge < -0.3 is 14.6 Å². The van der Waals surface area contributed by atoms with E-state index in [0.717, 1.165) is 6.42 Å². The van der Waals surface area contributed by atoms with Crippen LogP contribution in [0.5, 0.6) is 0 Å². The van der Waals surface area contributed by atoms with Crippen LogP contribution in [0.15, 0.2) is 22.7 Å². The first-order chi connectivity index (χ1) is 11.5. The Bertz CT molecular complexity index is 744. The number of carbonyl (C=O) groups excluding carboxylic acids is 1. The molecule has 0 saturated carbocycles. The number of rotatable bonds is 4. The summed E-state index contributed by atoms with van der Waals surface area (Å²) in [6.07, 6.45) is 0.440. The van der Waals surface area contributed by atoms with Crippen molar-refractivity contribution in [3.63, 3.8) is 0 Å². The molecule has 0 spiro atoms. The normalized spacial score (nSPS) is 20.5. The molecule has 1 aromatic carbocycles. The molecule has 1 fully saturated rings. The lowest BCUT2D eigenvalue weighted by molar-refractivity contribution is -0.126. The van der Waals surface area contributed by atoms with Gasteiger partial charge in [-0.15, -0.1) is 0 Å². The average molecular weight is 350 g/mol. The van der Waals surface area contributed by atoms with Crippen molar-refractivity contribution in [1.29, 1.82) is 0 Å². The van der Waals surface area contributed by atoms with E-state index in [1.54, 1.807) is 18.2 Å². The molecule has 1 amide bonds. The second-order valence-corrected chi connectivity index (χ2v) is 6.79. The van der Waals surface area contributed by atoms with E-state index in [1.165, 1.54) is 0 Å². The minimum Gasteiger partial charge on any atom is -0.368 e. The molecule has 7 heteroatoms. The van der Waals surface area contributed by atoms with Crippen LogP contribution in [0.4, 0.5) is 5.69 Å². The molecule has 1 aliphatic rings. The molecule has 2 heterocycles. The Morgan fingerprint density at radius 1 is 1.42 bits per heavy atom. The zero-order valence-corrected chi connectivity index (χ0v) is 14.6. The van der Waals surface area contributed by atoms with Gasteiger partial charge in [-0.25, -0.2) is 0 Å². The summed E-state index contributed by atoms with van der Waals surface area (Å²) in [7, 11) is 0. The largest absolute Gasteiger partial charge is 0.368 e. The number of ether oxygens (including phenoxy) is 1. The molecule has 0 unspecified atom stereocenters. The molecule has 2 aromatic rings. The van der Waals surface area contributed by atoms with Crippen molar-refractivity contribution >= 4 is 23.2 Å². The smallest absolute Gasteiger partial charge is 0.260 e. The molecule has 1 aliphatic heterocycles. The first-order valence-corrected chi connectivity index (χ1v) is 8.39. The summed E-state index contributed by atoms with van der Waals surface area (Å²) in [4.78, 5) is 16.9. The summed E-state index contributed by atoms with van der Waals surface area (Å²) in [5.74, 6) is 1.10. The number of halogens is 1. The van der Waals surface area contributed by atoms with Crippen molar-refractivity contribution in [2.45, 2.75) is 39.2 Å². The Balaban J connectivity index is 1.89. The molecular formula is C17H20ClN3O3. The maximum absolute atomic E-state index is 12.5. The summed E-state index contributed by atoms with van der Waals surface area (Å²) >= 11 is 6.10. The number of aromatic nitrogens is 2. The van der Waals surface area contributed by atoms with Crippen molar-refractivity contribution in [1.82, 2.24) is 10.1 Å². The predicted octanol–water partition coefficient (Wildman–Crippen LogP) is 3.88. The van der Waals surface area contributed by atoms with Crippen LogP contribution in [0.2, 0.25) is 5.02 Å². The maximum atomic E-state index is 12.5. The summed E-state index contributed by atoms with van der Waals surface area (Å²) in [5.41, 5.74) is 1.17. The Kier molecular flexibility index (Phi) is 4.87. The molecule has 3 rings (SSSR count). The maximum Gasteiger partial charge on any atom is 0.260 e. The Morgan fingerprint density at radius 2 is 2.21 bits per heavy atom. The van der Waals surface area contributed by atoms with Gasteiger partial charge in [0, 0.05) is 17.5 Å². The van der Waals surface area contributed by atoms with Crippen LogP contribution in [-0.4, -0.2) is 28.8 Å². The standard InChI is InChI=1S/C17H20ClN3O3/c1-9(2)15-20-17(24-21-15)12-8-11(18)4-5-13(12)19-16(22)14-10(3)6-7-23-14/h4-5,8-10,14H,6-7H2,1-3H3,(H,19,22)/t10-,14-/m1/s1. The fraction of sp³-hybridized carbons (Fsp3) is 0.471. The van der Waals surface area contributed by atoms with Crippen LogP contribution in [0.1, 0.15) is 38.9 Å². The van der Waals surface area contributed by atoms with Crippen molar-refractivity contribution < 1.29 is 14.1 Å². The molecule has 0 radical (unpaired) electrons. The third kappa shape index (κ3) is 3.44. The highest BCUT2D eigenvalue weighted by Gasteiger charge is 2.31. The number of hydrogen-bond donors (Lipinski definition) is 1. The van der Waals surface area contributed by atoms with Gasteiger partial charge in [-0.2, -0.15) is 4.98 Å². The first-order valence-electron chi connectivity index (χ1n) is 8.01. The predicted molar refractivity (Wildman–Crippen MR) is 91.0 cm³/mol. The van der Waals surface area contributed by atoms with E-state index in [2.05, 4.69) is 15.5 Å². The second-order valence-electron chi connectivity index (χ2n) is 6.35. The first kappa shape index (κ1) is 16.9. The highest BCUT2D eigenvalue weighted by molar-refractivity contribution is 6.31. The number of carbonyl (C=O) groups is 1. The minimum absolute atomic E-state index is 0.146. The van der Waals surface area contributed by atoms with Crippen molar-refractivity contribution in [3.05, 3.63) is 29.0 Å². The van der Waals surface area contributed by atoms with E-state index in [0.29, 0.717) is 34.6 Å². The zero-order chi connectivity index (χ0) is 17.3. The van der Waals surface area contributed by atoms with Crippen LogP contribution >= 0.6 is 11.6 Å². The van der Waals surface area contributed by atoms with Crippen LogP contribution in [0, 0.1) is 5.92 Å². The van der Waals surface area contributed by atoms with Gasteiger partial charge in [-0.3, -0.25) is 4.79 Å². The SMILES string of the molecule is CC(C)c1noc(-c2cc(Cl)ccc2NC(=O)[C@@H]2OCC[C@H]2C)n1. The number of nitrogens with zero attached hydrogens (tertiary/aromatic N) is 2. The van der Waals surface area contributed by atoms with Gasteiger partial charge in [-0.1, -0.05) is 37.5 Å². The number of anilines is 1. The van der Waals surface area contributed by atoms with Crippen molar-refractivity contribution in [2.75, 3.05) is 11.9 Å². The van der Waals surface area contributed by atoms with Gasteiger partial charge in [0.25, 0.3) is 11.8 Å². The molecular weight excluding hydrogens is 330 g/mol. The van der Waals surface area contributed by atoms with E-state index in [4.69, 9.17) is 20.9 Å². The number of amides is 1. The molecule has 2 atom stereocenters. The number of hydrogen-bond acceptors (Lipinski definition) is 5. The third-order valence-corrected chi connectivity index (χ3v) is 4.31. The van der Waals surface area contributed by atoms with Gasteiger partial charge >= 0.3 is 0 Å². The average Bonchev–Trinajstić information content (AvgIpc) is 3.18. The Labute approximate surface area is 145 Å². The van der Waals surface area contributed by atoms with Gasteiger partial charge in [0.2, 0.25) is 0 Å². The fourth-order valence-corrected chi connectivity index (χ4v) is 2.79. The highest BCUT2D eigenvalue weighted by Crippen LogP contribution is 2.31. The fourth-order valence-electron chi connectivity index (χ4n) is 2.62. The van der Waals surface area contributed by atoms with Gasteiger partial charge in [0.1, 0.15) is 6.10 Å². The lowest BCUT2D eigenvalue weighted by Gasteiger charge is -2.15. The van der Waals surface area contributed by atoms with E-state index >= 15 is 0 Å². The monoisotopic (exact) mass is 349 g/mol. The number of benzene rings is 1. The van der Waals surface area contributed by atoms with Crippen LogP contribution in [-0.2, 0) is 9.53 Å². The minimum atomic E-state index is -0.442. The van der Waals surface area contributed by atoms with Crippen LogP contribution in [0.3, 0.4) is 0 Å². The van der Waals surface area contributed by atoms with E-state index < -0.39 is 6.10 Å². The molecule has 0 bridgehead atoms. The van der Waals surface area contributed by atoms with Gasteiger partial charge in [-0.05, 0) is 30.5 Å². The van der Waals surface area contributed by atoms with Crippen LogP contribution < -0.4 is 5.32 Å². The van der Waals surface area contributed by atoms with Gasteiger partial charge in [0.05, 0.1) is 11.3 Å².